The highest BCUT2D eigenvalue weighted by Crippen LogP contribution is 2.34. The molecule has 0 saturated heterocycles. The molecule has 0 spiro atoms. The molecular weight excluding hydrogens is 374 g/mol. The van der Waals surface area contributed by atoms with E-state index in [0.717, 1.165) is 19.3 Å². The number of carbonyl (C=O) groups excluding carboxylic acids is 2. The molecule has 0 bridgehead atoms. The number of unbranched alkanes of at least 4 members (excludes halogenated alkanes) is 2. The number of ether oxygens (including phenoxy) is 4. The Balaban J connectivity index is 1.49. The average molecular weight is 399 g/mol. The van der Waals surface area contributed by atoms with Gasteiger partial charge in [-0.15, -0.1) is 0 Å². The first-order valence-electron chi connectivity index (χ1n) is 9.71. The van der Waals surface area contributed by atoms with Gasteiger partial charge in [0.05, 0.1) is 12.2 Å². The smallest absolute Gasteiger partial charge is 0.338 e. The summed E-state index contributed by atoms with van der Waals surface area (Å²) in [5, 5.41) is 2.70. The molecule has 1 aliphatic heterocycles. The molecule has 0 aliphatic carbocycles. The summed E-state index contributed by atoms with van der Waals surface area (Å²) in [6, 6.07) is 11.8. The molecule has 1 atom stereocenters. The number of rotatable bonds is 9. The molecule has 1 N–H and O–H groups in total. The zero-order valence-electron chi connectivity index (χ0n) is 16.6. The van der Waals surface area contributed by atoms with Crippen LogP contribution in [0.4, 0.5) is 5.69 Å². The van der Waals surface area contributed by atoms with Crippen molar-refractivity contribution < 1.29 is 28.5 Å². The fraction of sp³-hybridized carbons (Fsp3) is 0.364. The van der Waals surface area contributed by atoms with Gasteiger partial charge in [-0.25, -0.2) is 4.79 Å². The number of esters is 1. The molecule has 0 fully saturated rings. The van der Waals surface area contributed by atoms with E-state index >= 15 is 0 Å². The Labute approximate surface area is 169 Å². The van der Waals surface area contributed by atoms with Crippen LogP contribution in [0, 0.1) is 0 Å². The summed E-state index contributed by atoms with van der Waals surface area (Å²) in [5.41, 5.74) is 0.889. The maximum Gasteiger partial charge on any atom is 0.338 e. The predicted molar refractivity (Wildman–Crippen MR) is 108 cm³/mol. The second-order valence-corrected chi connectivity index (χ2v) is 6.68. The first kappa shape index (κ1) is 20.5. The largest absolute Gasteiger partial charge is 0.494 e. The van der Waals surface area contributed by atoms with Crippen molar-refractivity contribution in [2.24, 2.45) is 0 Å². The van der Waals surface area contributed by atoms with Gasteiger partial charge in [-0.1, -0.05) is 19.8 Å². The lowest BCUT2D eigenvalue weighted by molar-refractivity contribution is -0.123. The molecule has 29 heavy (non-hydrogen) atoms. The Morgan fingerprint density at radius 1 is 1.07 bits per heavy atom. The normalized spacial score (nSPS) is 12.9. The van der Waals surface area contributed by atoms with Crippen molar-refractivity contribution in [3.63, 3.8) is 0 Å². The molecule has 2 aromatic carbocycles. The van der Waals surface area contributed by atoms with E-state index < -0.39 is 18.0 Å². The summed E-state index contributed by atoms with van der Waals surface area (Å²) in [4.78, 5) is 24.6. The van der Waals surface area contributed by atoms with Gasteiger partial charge >= 0.3 is 5.97 Å². The molecule has 1 heterocycles. The first-order chi connectivity index (χ1) is 14.1. The predicted octanol–water partition coefficient (Wildman–Crippen LogP) is 4.17. The lowest BCUT2D eigenvalue weighted by atomic mass is 10.2. The molecular formula is C22H25NO6. The van der Waals surface area contributed by atoms with Crippen molar-refractivity contribution in [1.82, 2.24) is 0 Å². The van der Waals surface area contributed by atoms with Crippen LogP contribution < -0.4 is 19.5 Å². The molecule has 0 saturated carbocycles. The number of fused-ring (bicyclic) bond motifs is 1. The number of anilines is 1. The number of nitrogens with one attached hydrogen (secondary N) is 1. The number of amides is 1. The van der Waals surface area contributed by atoms with Crippen molar-refractivity contribution in [3.8, 4) is 17.2 Å². The Hall–Kier alpha value is -3.22. The van der Waals surface area contributed by atoms with E-state index in [2.05, 4.69) is 12.2 Å². The van der Waals surface area contributed by atoms with Gasteiger partial charge in [0.1, 0.15) is 5.75 Å². The minimum atomic E-state index is -0.960. The maximum absolute atomic E-state index is 12.3. The van der Waals surface area contributed by atoms with Crippen molar-refractivity contribution >= 4 is 17.6 Å². The Kier molecular flexibility index (Phi) is 6.94. The van der Waals surface area contributed by atoms with Crippen molar-refractivity contribution in [1.29, 1.82) is 0 Å². The van der Waals surface area contributed by atoms with Gasteiger partial charge in [0.25, 0.3) is 5.91 Å². The highest BCUT2D eigenvalue weighted by atomic mass is 16.7. The van der Waals surface area contributed by atoms with Crippen molar-refractivity contribution in [3.05, 3.63) is 48.0 Å². The van der Waals surface area contributed by atoms with Crippen LogP contribution in [0.2, 0.25) is 0 Å². The third kappa shape index (κ3) is 5.63. The van der Waals surface area contributed by atoms with Crippen molar-refractivity contribution in [2.45, 2.75) is 39.2 Å². The SMILES string of the molecule is CCCCCOc1ccc(C(=O)OC(C)C(=O)Nc2ccc3c(c2)OCO3)cc1. The molecule has 0 aromatic heterocycles. The van der Waals surface area contributed by atoms with Crippen LogP contribution in [0.1, 0.15) is 43.5 Å². The standard InChI is InChI=1S/C22H25NO6/c1-3-4-5-12-26-18-9-6-16(7-10-18)22(25)29-15(2)21(24)23-17-8-11-19-20(13-17)28-14-27-19/h6-11,13,15H,3-5,12,14H2,1-2H3,(H,23,24). The first-order valence-corrected chi connectivity index (χ1v) is 9.71. The molecule has 1 unspecified atom stereocenters. The Morgan fingerprint density at radius 2 is 1.83 bits per heavy atom. The fourth-order valence-corrected chi connectivity index (χ4v) is 2.73. The zero-order valence-corrected chi connectivity index (χ0v) is 16.6. The van der Waals surface area contributed by atoms with Gasteiger partial charge in [-0.2, -0.15) is 0 Å². The third-order valence-electron chi connectivity index (χ3n) is 4.40. The second-order valence-electron chi connectivity index (χ2n) is 6.68. The molecule has 3 rings (SSSR count). The van der Waals surface area contributed by atoms with E-state index in [-0.39, 0.29) is 6.79 Å². The third-order valence-corrected chi connectivity index (χ3v) is 4.40. The van der Waals surface area contributed by atoms with E-state index in [1.807, 2.05) is 0 Å². The summed E-state index contributed by atoms with van der Waals surface area (Å²) >= 11 is 0. The van der Waals surface area contributed by atoms with Gasteiger partial charge in [0, 0.05) is 11.8 Å². The summed E-state index contributed by atoms with van der Waals surface area (Å²) < 4.78 is 21.4. The Bertz CT molecular complexity index is 849. The fourth-order valence-electron chi connectivity index (χ4n) is 2.73. The number of hydrogen-bond donors (Lipinski definition) is 1. The molecule has 7 heteroatoms. The van der Waals surface area contributed by atoms with Crippen molar-refractivity contribution in [2.75, 3.05) is 18.7 Å². The quantitative estimate of drug-likeness (QED) is 0.503. The summed E-state index contributed by atoms with van der Waals surface area (Å²) in [5.74, 6) is 0.875. The highest BCUT2D eigenvalue weighted by Gasteiger charge is 2.20. The van der Waals surface area contributed by atoms with E-state index in [1.54, 1.807) is 42.5 Å². The number of carbonyl (C=O) groups is 2. The molecule has 1 amide bonds. The van der Waals surface area contributed by atoms with Crippen LogP contribution in [0.15, 0.2) is 42.5 Å². The minimum Gasteiger partial charge on any atom is -0.494 e. The van der Waals surface area contributed by atoms with Crippen LogP contribution in [-0.2, 0) is 9.53 Å². The van der Waals surface area contributed by atoms with E-state index in [1.165, 1.54) is 6.92 Å². The van der Waals surface area contributed by atoms with Gasteiger partial charge < -0.3 is 24.3 Å². The van der Waals surface area contributed by atoms with Crippen LogP contribution in [-0.4, -0.2) is 31.4 Å². The number of benzene rings is 2. The summed E-state index contributed by atoms with van der Waals surface area (Å²) in [7, 11) is 0. The lowest BCUT2D eigenvalue weighted by Crippen LogP contribution is -2.30. The van der Waals surface area contributed by atoms with E-state index in [9.17, 15) is 9.59 Å². The molecule has 7 nitrogen and oxygen atoms in total. The Morgan fingerprint density at radius 3 is 2.59 bits per heavy atom. The van der Waals surface area contributed by atoms with E-state index in [4.69, 9.17) is 18.9 Å². The monoisotopic (exact) mass is 399 g/mol. The van der Waals surface area contributed by atoms with Gasteiger partial charge in [0.15, 0.2) is 17.6 Å². The molecule has 1 aliphatic rings. The highest BCUT2D eigenvalue weighted by molar-refractivity contribution is 5.97. The van der Waals surface area contributed by atoms with Crippen LogP contribution >= 0.6 is 0 Å². The van der Waals surface area contributed by atoms with Gasteiger partial charge in [-0.3, -0.25) is 4.79 Å². The zero-order chi connectivity index (χ0) is 20.6. The minimum absolute atomic E-state index is 0.156. The van der Waals surface area contributed by atoms with Gasteiger partial charge in [-0.05, 0) is 49.7 Å². The second kappa shape index (κ2) is 9.82. The number of hydrogen-bond acceptors (Lipinski definition) is 6. The van der Waals surface area contributed by atoms with Gasteiger partial charge in [0.2, 0.25) is 6.79 Å². The average Bonchev–Trinajstić information content (AvgIpc) is 3.19. The summed E-state index contributed by atoms with van der Waals surface area (Å²) in [6.45, 7) is 4.46. The van der Waals surface area contributed by atoms with E-state index in [0.29, 0.717) is 35.1 Å². The molecule has 154 valence electrons. The topological polar surface area (TPSA) is 83.1 Å². The van der Waals surface area contributed by atoms with Crippen LogP contribution in [0.5, 0.6) is 17.2 Å². The van der Waals surface area contributed by atoms with Crippen LogP contribution in [0.25, 0.3) is 0 Å². The maximum atomic E-state index is 12.3. The summed E-state index contributed by atoms with van der Waals surface area (Å²) in [6.07, 6.45) is 2.29. The molecule has 2 aromatic rings. The lowest BCUT2D eigenvalue weighted by Gasteiger charge is -2.14. The van der Waals surface area contributed by atoms with Crippen LogP contribution in [0.3, 0.4) is 0 Å². The molecule has 0 radical (unpaired) electrons.